The SMILES string of the molecule is CC1(C(=O)CCNC(=O)NCCC(=O)C2(C)N=CC=N2)N=CC=N1. The summed E-state index contributed by atoms with van der Waals surface area (Å²) in [5, 5.41) is 5.12. The average Bonchev–Trinajstić information content (AvgIpc) is 3.17. The highest BCUT2D eigenvalue weighted by Crippen LogP contribution is 2.18. The van der Waals surface area contributed by atoms with E-state index >= 15 is 0 Å². The van der Waals surface area contributed by atoms with E-state index in [2.05, 4.69) is 30.6 Å². The molecule has 2 amide bonds. The molecule has 0 bridgehead atoms. The smallest absolute Gasteiger partial charge is 0.314 e. The van der Waals surface area contributed by atoms with Gasteiger partial charge in [0.15, 0.2) is 11.6 Å². The summed E-state index contributed by atoms with van der Waals surface area (Å²) in [7, 11) is 0. The molecule has 0 aromatic carbocycles. The van der Waals surface area contributed by atoms with E-state index in [1.807, 2.05) is 0 Å². The molecular formula is C15H20N6O3. The van der Waals surface area contributed by atoms with E-state index < -0.39 is 17.4 Å². The molecular weight excluding hydrogens is 312 g/mol. The predicted molar refractivity (Wildman–Crippen MR) is 91.4 cm³/mol. The van der Waals surface area contributed by atoms with E-state index in [0.717, 1.165) is 0 Å². The minimum Gasteiger partial charge on any atom is -0.338 e. The van der Waals surface area contributed by atoms with Crippen molar-refractivity contribution in [1.82, 2.24) is 10.6 Å². The third kappa shape index (κ3) is 4.18. The lowest BCUT2D eigenvalue weighted by Crippen LogP contribution is -2.40. The number of carbonyl (C=O) groups excluding carboxylic acids is 3. The van der Waals surface area contributed by atoms with Crippen molar-refractivity contribution in [2.45, 2.75) is 38.0 Å². The van der Waals surface area contributed by atoms with Crippen molar-refractivity contribution in [2.75, 3.05) is 13.1 Å². The number of nitrogens with one attached hydrogen (secondary N) is 2. The molecule has 0 saturated carbocycles. The molecule has 9 heteroatoms. The maximum atomic E-state index is 12.0. The van der Waals surface area contributed by atoms with Crippen LogP contribution in [0.5, 0.6) is 0 Å². The Bertz CT molecular complexity index is 572. The number of carbonyl (C=O) groups is 3. The zero-order chi connectivity index (χ0) is 17.6. The number of aliphatic imine (C=N–C) groups is 4. The van der Waals surface area contributed by atoms with Crippen molar-refractivity contribution in [3.63, 3.8) is 0 Å². The van der Waals surface area contributed by atoms with Gasteiger partial charge in [-0.05, 0) is 13.8 Å². The monoisotopic (exact) mass is 332 g/mol. The van der Waals surface area contributed by atoms with Crippen molar-refractivity contribution >= 4 is 42.5 Å². The minimum absolute atomic E-state index is 0.124. The van der Waals surface area contributed by atoms with Gasteiger partial charge in [-0.1, -0.05) is 0 Å². The maximum Gasteiger partial charge on any atom is 0.314 e. The molecule has 24 heavy (non-hydrogen) atoms. The van der Waals surface area contributed by atoms with Crippen LogP contribution in [-0.4, -0.2) is 66.9 Å². The fraction of sp³-hybridized carbons (Fsp3) is 0.533. The van der Waals surface area contributed by atoms with Gasteiger partial charge in [-0.2, -0.15) is 0 Å². The van der Waals surface area contributed by atoms with Gasteiger partial charge in [-0.25, -0.2) is 4.79 Å². The van der Waals surface area contributed by atoms with Gasteiger partial charge >= 0.3 is 6.03 Å². The molecule has 0 spiro atoms. The maximum absolute atomic E-state index is 12.0. The van der Waals surface area contributed by atoms with E-state index in [9.17, 15) is 14.4 Å². The molecule has 2 aliphatic heterocycles. The Kier molecular flexibility index (Phi) is 5.32. The van der Waals surface area contributed by atoms with Crippen molar-refractivity contribution < 1.29 is 14.4 Å². The summed E-state index contributed by atoms with van der Waals surface area (Å²) in [6.07, 6.45) is 6.17. The van der Waals surface area contributed by atoms with E-state index in [-0.39, 0.29) is 37.5 Å². The topological polar surface area (TPSA) is 125 Å². The fourth-order valence-electron chi connectivity index (χ4n) is 2.18. The highest BCUT2D eigenvalue weighted by Gasteiger charge is 2.32. The van der Waals surface area contributed by atoms with Crippen LogP contribution in [0.4, 0.5) is 4.79 Å². The first-order chi connectivity index (χ1) is 11.4. The summed E-state index contributed by atoms with van der Waals surface area (Å²) in [5.41, 5.74) is -2.13. The van der Waals surface area contributed by atoms with Crippen LogP contribution in [-0.2, 0) is 9.59 Å². The summed E-state index contributed by atoms with van der Waals surface area (Å²) >= 11 is 0. The number of ketones is 2. The first kappa shape index (κ1) is 17.6. The molecule has 0 atom stereocenters. The number of hydrogen-bond acceptors (Lipinski definition) is 7. The number of nitrogens with zero attached hydrogens (tertiary/aromatic N) is 4. The van der Waals surface area contributed by atoms with Gasteiger partial charge in [0.05, 0.1) is 0 Å². The number of urea groups is 1. The lowest BCUT2D eigenvalue weighted by Gasteiger charge is -2.16. The Hall–Kier alpha value is -2.71. The standard InChI is InChI=1S/C15H20N6O3/c1-14(18-7-8-19-14)11(22)3-5-16-13(24)17-6-4-12(23)15(2)20-9-10-21-15/h7-10H,3-6H2,1-2H3,(H2,16,17,24). The second-order valence-corrected chi connectivity index (χ2v) is 5.68. The van der Waals surface area contributed by atoms with Crippen molar-refractivity contribution in [3.05, 3.63) is 0 Å². The largest absolute Gasteiger partial charge is 0.338 e. The van der Waals surface area contributed by atoms with Crippen molar-refractivity contribution in [3.8, 4) is 0 Å². The quantitative estimate of drug-likeness (QED) is 0.647. The van der Waals surface area contributed by atoms with Crippen LogP contribution >= 0.6 is 0 Å². The summed E-state index contributed by atoms with van der Waals surface area (Å²) in [5.74, 6) is -0.347. The lowest BCUT2D eigenvalue weighted by atomic mass is 10.1. The van der Waals surface area contributed by atoms with Crippen LogP contribution in [0.1, 0.15) is 26.7 Å². The highest BCUT2D eigenvalue weighted by atomic mass is 16.2. The Labute approximate surface area is 139 Å². The molecule has 0 fully saturated rings. The van der Waals surface area contributed by atoms with E-state index in [0.29, 0.717) is 0 Å². The molecule has 0 unspecified atom stereocenters. The molecule has 2 N–H and O–H groups in total. The third-order valence-electron chi connectivity index (χ3n) is 3.77. The molecule has 0 radical (unpaired) electrons. The molecule has 0 aliphatic carbocycles. The Morgan fingerprint density at radius 3 is 1.42 bits per heavy atom. The Morgan fingerprint density at radius 1 is 0.750 bits per heavy atom. The van der Waals surface area contributed by atoms with E-state index in [1.54, 1.807) is 13.8 Å². The summed E-state index contributed by atoms with van der Waals surface area (Å²) in [6, 6.07) is -0.442. The van der Waals surface area contributed by atoms with Crippen LogP contribution in [0, 0.1) is 0 Å². The van der Waals surface area contributed by atoms with Gasteiger partial charge < -0.3 is 10.6 Å². The van der Waals surface area contributed by atoms with Gasteiger partial charge in [0.1, 0.15) is 0 Å². The van der Waals surface area contributed by atoms with Crippen LogP contribution in [0.15, 0.2) is 20.0 Å². The number of Topliss-reactive ketones (excluding diaryl/α,β-unsaturated/α-hetero) is 2. The number of hydrogen-bond donors (Lipinski definition) is 2. The van der Waals surface area contributed by atoms with Crippen LogP contribution in [0.2, 0.25) is 0 Å². The van der Waals surface area contributed by atoms with Crippen LogP contribution < -0.4 is 10.6 Å². The van der Waals surface area contributed by atoms with Crippen LogP contribution in [0.3, 0.4) is 0 Å². The van der Waals surface area contributed by atoms with Crippen LogP contribution in [0.25, 0.3) is 0 Å². The molecule has 2 heterocycles. The molecule has 0 saturated heterocycles. The van der Waals surface area contributed by atoms with E-state index in [1.165, 1.54) is 24.9 Å². The minimum atomic E-state index is -1.07. The third-order valence-corrected chi connectivity index (χ3v) is 3.77. The van der Waals surface area contributed by atoms with Gasteiger partial charge in [-0.15, -0.1) is 0 Å². The van der Waals surface area contributed by atoms with Crippen molar-refractivity contribution in [1.29, 1.82) is 0 Å². The second-order valence-electron chi connectivity index (χ2n) is 5.68. The zero-order valence-corrected chi connectivity index (χ0v) is 13.7. The number of rotatable bonds is 8. The second kappa shape index (κ2) is 7.24. The van der Waals surface area contributed by atoms with E-state index in [4.69, 9.17) is 0 Å². The highest BCUT2D eigenvalue weighted by molar-refractivity contribution is 6.20. The average molecular weight is 332 g/mol. The molecule has 2 rings (SSSR count). The van der Waals surface area contributed by atoms with Crippen molar-refractivity contribution in [2.24, 2.45) is 20.0 Å². The summed E-state index contributed by atoms with van der Waals surface area (Å²) in [4.78, 5) is 51.5. The Balaban J connectivity index is 1.62. The molecule has 2 aliphatic rings. The first-order valence-electron chi connectivity index (χ1n) is 7.62. The predicted octanol–water partition coefficient (Wildman–Crippen LogP) is -0.0532. The summed E-state index contributed by atoms with van der Waals surface area (Å²) < 4.78 is 0. The fourth-order valence-corrected chi connectivity index (χ4v) is 2.18. The Morgan fingerprint density at radius 2 is 1.08 bits per heavy atom. The number of amides is 2. The van der Waals surface area contributed by atoms with Gasteiger partial charge in [0, 0.05) is 50.8 Å². The molecule has 0 aromatic heterocycles. The lowest BCUT2D eigenvalue weighted by molar-refractivity contribution is -0.123. The van der Waals surface area contributed by atoms with Gasteiger partial charge in [-0.3, -0.25) is 29.6 Å². The van der Waals surface area contributed by atoms with Gasteiger partial charge in [0.2, 0.25) is 11.3 Å². The molecule has 128 valence electrons. The van der Waals surface area contributed by atoms with Gasteiger partial charge in [0.25, 0.3) is 0 Å². The normalized spacial score (nSPS) is 18.8. The molecule has 9 nitrogen and oxygen atoms in total. The first-order valence-corrected chi connectivity index (χ1v) is 7.62. The zero-order valence-electron chi connectivity index (χ0n) is 13.7. The molecule has 0 aromatic rings. The summed E-state index contributed by atoms with van der Waals surface area (Å²) in [6.45, 7) is 3.59.